The number of hydrogen-bond donors (Lipinski definition) is 1. The average Bonchev–Trinajstić information content (AvgIpc) is 2.54. The van der Waals surface area contributed by atoms with Crippen molar-refractivity contribution in [3.8, 4) is 0 Å². The van der Waals surface area contributed by atoms with Crippen LogP contribution in [0.4, 0.5) is 0 Å². The van der Waals surface area contributed by atoms with E-state index < -0.39 is 0 Å². The molecule has 1 fully saturated rings. The lowest BCUT2D eigenvalue weighted by Gasteiger charge is -2.14. The summed E-state index contributed by atoms with van der Waals surface area (Å²) in [6.45, 7) is 10.5. The molecule has 2 heteroatoms. The minimum Gasteiger partial charge on any atom is -0.380 e. The summed E-state index contributed by atoms with van der Waals surface area (Å²) in [5.41, 5.74) is 0.528. The lowest BCUT2D eigenvalue weighted by atomic mass is 10.2. The summed E-state index contributed by atoms with van der Waals surface area (Å²) in [4.78, 5) is 0. The molecule has 0 amide bonds. The summed E-state index contributed by atoms with van der Waals surface area (Å²) in [5.74, 6) is 0. The fraction of sp³-hybridized carbons (Fsp3) is 1.00. The van der Waals surface area contributed by atoms with Gasteiger partial charge in [-0.25, -0.2) is 0 Å². The van der Waals surface area contributed by atoms with E-state index in [1.807, 2.05) is 6.92 Å². The third kappa shape index (κ3) is 2.76. The summed E-state index contributed by atoms with van der Waals surface area (Å²) in [5, 5.41) is 3.55. The molecule has 0 aromatic carbocycles. The maximum atomic E-state index is 5.33. The first-order valence-corrected chi connectivity index (χ1v) is 4.90. The van der Waals surface area contributed by atoms with Gasteiger partial charge >= 0.3 is 0 Å². The normalized spacial score (nSPS) is 28.5. The van der Waals surface area contributed by atoms with Gasteiger partial charge in [0.15, 0.2) is 0 Å². The highest BCUT2D eigenvalue weighted by atomic mass is 16.5. The van der Waals surface area contributed by atoms with E-state index in [-0.39, 0.29) is 0 Å². The summed E-state index contributed by atoms with van der Waals surface area (Å²) >= 11 is 0. The van der Waals surface area contributed by atoms with Gasteiger partial charge in [0.05, 0.1) is 6.61 Å². The van der Waals surface area contributed by atoms with E-state index in [1.165, 1.54) is 6.42 Å². The highest BCUT2D eigenvalue weighted by molar-refractivity contribution is 5.02. The lowest BCUT2D eigenvalue weighted by molar-refractivity contribution is 0.126. The largest absolute Gasteiger partial charge is 0.380 e. The van der Waals surface area contributed by atoms with Crippen LogP contribution < -0.4 is 5.32 Å². The summed E-state index contributed by atoms with van der Waals surface area (Å²) in [6, 6.07) is 1.21. The molecule has 0 spiro atoms. The van der Waals surface area contributed by atoms with Gasteiger partial charge in [0.25, 0.3) is 0 Å². The molecule has 1 aliphatic rings. The molecular formula is C10H21NO. The molecule has 1 rings (SSSR count). The molecule has 2 nitrogen and oxygen atoms in total. The maximum absolute atomic E-state index is 5.33. The number of ether oxygens (including phenoxy) is 1. The number of rotatable bonds is 5. The fourth-order valence-electron chi connectivity index (χ4n) is 1.44. The predicted octanol–water partition coefficient (Wildman–Crippen LogP) is 1.80. The molecule has 1 N–H and O–H groups in total. The van der Waals surface area contributed by atoms with E-state index in [2.05, 4.69) is 26.1 Å². The van der Waals surface area contributed by atoms with Crippen LogP contribution in [-0.2, 0) is 4.74 Å². The Bertz CT molecular complexity index is 145. The van der Waals surface area contributed by atoms with Crippen LogP contribution in [0.3, 0.4) is 0 Å². The van der Waals surface area contributed by atoms with Crippen molar-refractivity contribution >= 4 is 0 Å². The molecule has 0 aliphatic heterocycles. The Labute approximate surface area is 75.7 Å². The summed E-state index contributed by atoms with van der Waals surface area (Å²) < 4.78 is 5.33. The Hall–Kier alpha value is -0.0800. The minimum atomic E-state index is 0.497. The minimum absolute atomic E-state index is 0.497. The van der Waals surface area contributed by atoms with Crippen LogP contribution in [0.5, 0.6) is 0 Å². The van der Waals surface area contributed by atoms with Gasteiger partial charge in [0.1, 0.15) is 0 Å². The van der Waals surface area contributed by atoms with Crippen molar-refractivity contribution in [3.63, 3.8) is 0 Å². The van der Waals surface area contributed by atoms with Gasteiger partial charge < -0.3 is 10.1 Å². The highest BCUT2D eigenvalue weighted by Crippen LogP contribution is 2.44. The SMILES string of the molecule is CCOCC(C)NC1CC1(C)C. The molecule has 0 bridgehead atoms. The van der Waals surface area contributed by atoms with Crippen LogP contribution in [0.2, 0.25) is 0 Å². The zero-order valence-corrected chi connectivity index (χ0v) is 8.68. The van der Waals surface area contributed by atoms with E-state index in [1.54, 1.807) is 0 Å². The first-order valence-electron chi connectivity index (χ1n) is 4.90. The molecule has 0 saturated heterocycles. The van der Waals surface area contributed by atoms with Gasteiger partial charge in [-0.05, 0) is 25.7 Å². The van der Waals surface area contributed by atoms with E-state index >= 15 is 0 Å². The second-order valence-electron chi connectivity index (χ2n) is 4.47. The van der Waals surface area contributed by atoms with Crippen LogP contribution in [0.1, 0.15) is 34.1 Å². The van der Waals surface area contributed by atoms with Crippen molar-refractivity contribution < 1.29 is 4.74 Å². The lowest BCUT2D eigenvalue weighted by Crippen LogP contribution is -2.34. The molecule has 1 saturated carbocycles. The van der Waals surface area contributed by atoms with Crippen LogP contribution >= 0.6 is 0 Å². The van der Waals surface area contributed by atoms with Crippen LogP contribution in [0, 0.1) is 5.41 Å². The Morgan fingerprint density at radius 3 is 2.58 bits per heavy atom. The Kier molecular flexibility index (Phi) is 3.13. The van der Waals surface area contributed by atoms with Crippen LogP contribution in [0.15, 0.2) is 0 Å². The second kappa shape index (κ2) is 3.75. The maximum Gasteiger partial charge on any atom is 0.0616 e. The van der Waals surface area contributed by atoms with Crippen LogP contribution in [-0.4, -0.2) is 25.3 Å². The van der Waals surface area contributed by atoms with Crippen molar-refractivity contribution in [2.75, 3.05) is 13.2 Å². The van der Waals surface area contributed by atoms with Gasteiger partial charge in [-0.1, -0.05) is 13.8 Å². The van der Waals surface area contributed by atoms with Crippen LogP contribution in [0.25, 0.3) is 0 Å². The Balaban J connectivity index is 2.07. The van der Waals surface area contributed by atoms with Gasteiger partial charge in [0, 0.05) is 18.7 Å². The molecule has 2 atom stereocenters. The molecule has 1 aliphatic carbocycles. The predicted molar refractivity (Wildman–Crippen MR) is 51.3 cm³/mol. The first-order chi connectivity index (χ1) is 5.56. The molecule has 72 valence electrons. The molecule has 0 aromatic rings. The monoisotopic (exact) mass is 171 g/mol. The third-order valence-corrected chi connectivity index (χ3v) is 2.57. The van der Waals surface area contributed by atoms with E-state index in [9.17, 15) is 0 Å². The summed E-state index contributed by atoms with van der Waals surface area (Å²) in [7, 11) is 0. The third-order valence-electron chi connectivity index (χ3n) is 2.57. The van der Waals surface area contributed by atoms with E-state index in [0.717, 1.165) is 13.2 Å². The number of nitrogens with one attached hydrogen (secondary N) is 1. The second-order valence-corrected chi connectivity index (χ2v) is 4.47. The zero-order chi connectivity index (χ0) is 9.19. The van der Waals surface area contributed by atoms with Crippen molar-refractivity contribution in [2.24, 2.45) is 5.41 Å². The molecule has 0 radical (unpaired) electrons. The van der Waals surface area contributed by atoms with Crippen molar-refractivity contribution in [1.29, 1.82) is 0 Å². The van der Waals surface area contributed by atoms with Crippen molar-refractivity contribution in [3.05, 3.63) is 0 Å². The van der Waals surface area contributed by atoms with Crippen molar-refractivity contribution in [2.45, 2.75) is 46.2 Å². The first kappa shape index (κ1) is 10.0. The number of hydrogen-bond acceptors (Lipinski definition) is 2. The topological polar surface area (TPSA) is 21.3 Å². The van der Waals surface area contributed by atoms with E-state index in [4.69, 9.17) is 4.74 Å². The fourth-order valence-corrected chi connectivity index (χ4v) is 1.44. The summed E-state index contributed by atoms with van der Waals surface area (Å²) in [6.07, 6.45) is 1.31. The molecule has 0 aromatic heterocycles. The van der Waals surface area contributed by atoms with Gasteiger partial charge in [-0.3, -0.25) is 0 Å². The standard InChI is InChI=1S/C10H21NO/c1-5-12-7-8(2)11-9-6-10(9,3)4/h8-9,11H,5-7H2,1-4H3. The highest BCUT2D eigenvalue weighted by Gasteiger charge is 2.45. The van der Waals surface area contributed by atoms with Crippen molar-refractivity contribution in [1.82, 2.24) is 5.32 Å². The average molecular weight is 171 g/mol. The quantitative estimate of drug-likeness (QED) is 0.681. The molecule has 2 unspecified atom stereocenters. The molecule has 0 heterocycles. The zero-order valence-electron chi connectivity index (χ0n) is 8.68. The van der Waals surface area contributed by atoms with E-state index in [0.29, 0.717) is 17.5 Å². The Morgan fingerprint density at radius 1 is 1.58 bits per heavy atom. The van der Waals surface area contributed by atoms with Gasteiger partial charge in [0.2, 0.25) is 0 Å². The Morgan fingerprint density at radius 2 is 2.17 bits per heavy atom. The molecular weight excluding hydrogens is 150 g/mol. The van der Waals surface area contributed by atoms with Gasteiger partial charge in [-0.2, -0.15) is 0 Å². The molecule has 12 heavy (non-hydrogen) atoms. The smallest absolute Gasteiger partial charge is 0.0616 e. The van der Waals surface area contributed by atoms with Gasteiger partial charge in [-0.15, -0.1) is 0 Å².